The van der Waals surface area contributed by atoms with E-state index in [4.69, 9.17) is 5.11 Å². The van der Waals surface area contributed by atoms with Crippen LogP contribution >= 0.6 is 0 Å². The number of piperidine rings is 1. The molecule has 1 aromatic rings. The van der Waals surface area contributed by atoms with Crippen molar-refractivity contribution in [3.05, 3.63) is 17.5 Å². The molecule has 2 fully saturated rings. The Kier molecular flexibility index (Phi) is 3.66. The third kappa shape index (κ3) is 2.75. The Morgan fingerprint density at radius 3 is 3.00 bits per heavy atom. The molecule has 1 saturated carbocycles. The van der Waals surface area contributed by atoms with Crippen molar-refractivity contribution in [2.75, 3.05) is 19.7 Å². The van der Waals surface area contributed by atoms with Crippen molar-refractivity contribution in [3.8, 4) is 0 Å². The van der Waals surface area contributed by atoms with Crippen LogP contribution in [0.4, 0.5) is 0 Å². The zero-order valence-electron chi connectivity index (χ0n) is 10.9. The van der Waals surface area contributed by atoms with Crippen LogP contribution in [0.1, 0.15) is 49.5 Å². The molecule has 4 heteroatoms. The average molecular weight is 249 g/mol. The molecule has 1 aliphatic heterocycles. The lowest BCUT2D eigenvalue weighted by atomic mass is 9.98. The lowest BCUT2D eigenvalue weighted by Gasteiger charge is -2.34. The van der Waals surface area contributed by atoms with Gasteiger partial charge in [0, 0.05) is 25.3 Å². The maximum Gasteiger partial charge on any atom is 0.0796 e. The van der Waals surface area contributed by atoms with Crippen LogP contribution in [0.5, 0.6) is 0 Å². The van der Waals surface area contributed by atoms with Crippen LogP contribution in [-0.2, 0) is 6.42 Å². The molecule has 18 heavy (non-hydrogen) atoms. The van der Waals surface area contributed by atoms with E-state index in [-0.39, 0.29) is 6.61 Å². The van der Waals surface area contributed by atoms with E-state index >= 15 is 0 Å². The van der Waals surface area contributed by atoms with Gasteiger partial charge in [-0.15, -0.1) is 0 Å². The number of aromatic nitrogens is 2. The number of nitrogens with zero attached hydrogens (tertiary/aromatic N) is 2. The molecule has 1 atom stereocenters. The topological polar surface area (TPSA) is 52.1 Å². The summed E-state index contributed by atoms with van der Waals surface area (Å²) >= 11 is 0. The van der Waals surface area contributed by atoms with E-state index in [1.165, 1.54) is 50.9 Å². The van der Waals surface area contributed by atoms with Crippen LogP contribution < -0.4 is 0 Å². The lowest BCUT2D eigenvalue weighted by Crippen LogP contribution is -2.35. The normalized spacial score (nSPS) is 25.5. The van der Waals surface area contributed by atoms with Crippen molar-refractivity contribution >= 4 is 0 Å². The molecule has 2 N–H and O–H groups in total. The Hall–Kier alpha value is -0.870. The fourth-order valence-corrected chi connectivity index (χ4v) is 2.98. The summed E-state index contributed by atoms with van der Waals surface area (Å²) in [4.78, 5) is 2.63. The van der Waals surface area contributed by atoms with Gasteiger partial charge in [0.1, 0.15) is 0 Å². The first kappa shape index (κ1) is 12.2. The molecule has 0 bridgehead atoms. The van der Waals surface area contributed by atoms with Gasteiger partial charge >= 0.3 is 0 Å². The third-order valence-corrected chi connectivity index (χ3v) is 4.18. The largest absolute Gasteiger partial charge is 0.396 e. The van der Waals surface area contributed by atoms with Gasteiger partial charge < -0.3 is 5.11 Å². The Bertz CT molecular complexity index is 386. The molecule has 1 aliphatic carbocycles. The fraction of sp³-hybridized carbons (Fsp3) is 0.786. The highest BCUT2D eigenvalue weighted by atomic mass is 16.3. The van der Waals surface area contributed by atoms with Gasteiger partial charge in [-0.25, -0.2) is 0 Å². The Labute approximate surface area is 108 Å². The van der Waals surface area contributed by atoms with Crippen LogP contribution in [0.3, 0.4) is 0 Å². The highest BCUT2D eigenvalue weighted by molar-refractivity contribution is 5.14. The standard InChI is InChI=1S/C14H23N3O/c18-8-6-12-9-13(16-15-12)14-3-1-2-7-17(14)10-11-4-5-11/h9,11,14,18H,1-8,10H2,(H,15,16). The van der Waals surface area contributed by atoms with Gasteiger partial charge in [-0.2, -0.15) is 5.10 Å². The van der Waals surface area contributed by atoms with Gasteiger partial charge in [-0.1, -0.05) is 6.42 Å². The molecule has 0 spiro atoms. The highest BCUT2D eigenvalue weighted by Crippen LogP contribution is 2.36. The first-order chi connectivity index (χ1) is 8.86. The molecule has 2 aliphatic rings. The number of nitrogens with one attached hydrogen (secondary N) is 1. The van der Waals surface area contributed by atoms with Crippen molar-refractivity contribution in [2.24, 2.45) is 5.92 Å². The third-order valence-electron chi connectivity index (χ3n) is 4.18. The van der Waals surface area contributed by atoms with E-state index in [9.17, 15) is 0 Å². The number of aliphatic hydroxyl groups excluding tert-OH is 1. The summed E-state index contributed by atoms with van der Waals surface area (Å²) in [7, 11) is 0. The Balaban J connectivity index is 1.69. The van der Waals surface area contributed by atoms with Crippen molar-refractivity contribution in [2.45, 2.75) is 44.6 Å². The molecule has 3 rings (SSSR count). The van der Waals surface area contributed by atoms with Gasteiger partial charge in [-0.3, -0.25) is 10.00 Å². The number of hydrogen-bond donors (Lipinski definition) is 2. The minimum atomic E-state index is 0.193. The highest BCUT2D eigenvalue weighted by Gasteiger charge is 2.31. The summed E-state index contributed by atoms with van der Waals surface area (Å²) in [5, 5.41) is 16.5. The second kappa shape index (κ2) is 5.41. The predicted molar refractivity (Wildman–Crippen MR) is 70.3 cm³/mol. The average Bonchev–Trinajstić information content (AvgIpc) is 3.07. The Morgan fingerprint density at radius 1 is 1.33 bits per heavy atom. The maximum absolute atomic E-state index is 8.96. The molecular formula is C14H23N3O. The van der Waals surface area contributed by atoms with Gasteiger partial charge in [-0.05, 0) is 44.2 Å². The molecule has 1 unspecified atom stereocenters. The number of aliphatic hydroxyl groups is 1. The van der Waals surface area contributed by atoms with E-state index in [2.05, 4.69) is 21.2 Å². The van der Waals surface area contributed by atoms with E-state index in [1.807, 2.05) is 0 Å². The second-order valence-electron chi connectivity index (χ2n) is 5.74. The lowest BCUT2D eigenvalue weighted by molar-refractivity contribution is 0.139. The molecule has 0 radical (unpaired) electrons. The quantitative estimate of drug-likeness (QED) is 0.837. The van der Waals surface area contributed by atoms with Crippen LogP contribution in [0, 0.1) is 5.92 Å². The predicted octanol–water partition coefficient (Wildman–Crippen LogP) is 1.88. The maximum atomic E-state index is 8.96. The van der Waals surface area contributed by atoms with Gasteiger partial charge in [0.25, 0.3) is 0 Å². The summed E-state index contributed by atoms with van der Waals surface area (Å²) in [6, 6.07) is 2.65. The van der Waals surface area contributed by atoms with Crippen LogP contribution in [-0.4, -0.2) is 39.9 Å². The zero-order chi connectivity index (χ0) is 12.4. The molecule has 0 aromatic carbocycles. The van der Waals surface area contributed by atoms with Crippen molar-refractivity contribution < 1.29 is 5.11 Å². The van der Waals surface area contributed by atoms with E-state index in [0.29, 0.717) is 12.5 Å². The first-order valence-electron chi connectivity index (χ1n) is 7.26. The minimum Gasteiger partial charge on any atom is -0.396 e. The SMILES string of the molecule is OCCc1cc(C2CCCCN2CC2CC2)n[nH]1. The van der Waals surface area contributed by atoms with Crippen molar-refractivity contribution in [3.63, 3.8) is 0 Å². The van der Waals surface area contributed by atoms with E-state index < -0.39 is 0 Å². The van der Waals surface area contributed by atoms with E-state index in [1.54, 1.807) is 0 Å². The molecule has 1 aromatic heterocycles. The monoisotopic (exact) mass is 249 g/mol. The summed E-state index contributed by atoms with van der Waals surface area (Å²) in [5.41, 5.74) is 2.24. The molecule has 1 saturated heterocycles. The summed E-state index contributed by atoms with van der Waals surface area (Å²) in [5.74, 6) is 0.946. The fourth-order valence-electron chi connectivity index (χ4n) is 2.98. The molecule has 0 amide bonds. The molecule has 2 heterocycles. The molecule has 4 nitrogen and oxygen atoms in total. The van der Waals surface area contributed by atoms with Gasteiger partial charge in [0.15, 0.2) is 0 Å². The number of rotatable bonds is 5. The molecular weight excluding hydrogens is 226 g/mol. The first-order valence-corrected chi connectivity index (χ1v) is 7.26. The van der Waals surface area contributed by atoms with Gasteiger partial charge in [0.05, 0.1) is 11.7 Å². The number of aromatic amines is 1. The zero-order valence-corrected chi connectivity index (χ0v) is 10.9. The van der Waals surface area contributed by atoms with Crippen molar-refractivity contribution in [1.29, 1.82) is 0 Å². The van der Waals surface area contributed by atoms with Crippen LogP contribution in [0.25, 0.3) is 0 Å². The van der Waals surface area contributed by atoms with Crippen LogP contribution in [0.15, 0.2) is 6.07 Å². The summed E-state index contributed by atoms with van der Waals surface area (Å²) < 4.78 is 0. The summed E-state index contributed by atoms with van der Waals surface area (Å²) in [6.07, 6.45) is 7.39. The van der Waals surface area contributed by atoms with Crippen LogP contribution in [0.2, 0.25) is 0 Å². The van der Waals surface area contributed by atoms with E-state index in [0.717, 1.165) is 11.6 Å². The van der Waals surface area contributed by atoms with Crippen molar-refractivity contribution in [1.82, 2.24) is 15.1 Å². The summed E-state index contributed by atoms with van der Waals surface area (Å²) in [6.45, 7) is 2.67. The minimum absolute atomic E-state index is 0.193. The Morgan fingerprint density at radius 2 is 2.22 bits per heavy atom. The molecule has 100 valence electrons. The number of hydrogen-bond acceptors (Lipinski definition) is 3. The number of likely N-dealkylation sites (tertiary alicyclic amines) is 1. The second-order valence-corrected chi connectivity index (χ2v) is 5.74. The smallest absolute Gasteiger partial charge is 0.0796 e. The van der Waals surface area contributed by atoms with Gasteiger partial charge in [0.2, 0.25) is 0 Å². The number of H-pyrrole nitrogens is 1.